The van der Waals surface area contributed by atoms with Gasteiger partial charge in [0.1, 0.15) is 5.82 Å². The number of hydrogen-bond acceptors (Lipinski definition) is 3. The smallest absolute Gasteiger partial charge is 0.233 e. The number of halogens is 1. The minimum atomic E-state index is -0.790. The molecule has 0 aromatic heterocycles. The van der Waals surface area contributed by atoms with Crippen molar-refractivity contribution in [2.75, 3.05) is 26.8 Å². The van der Waals surface area contributed by atoms with Crippen LogP contribution in [-0.4, -0.2) is 48.3 Å². The van der Waals surface area contributed by atoms with E-state index in [-0.39, 0.29) is 17.6 Å². The van der Waals surface area contributed by atoms with Gasteiger partial charge in [-0.3, -0.25) is 4.79 Å². The minimum Gasteiger partial charge on any atom is -0.389 e. The number of likely N-dealkylation sites (tertiary alicyclic amines) is 1. The number of aliphatic hydroxyl groups is 1. The number of rotatable bonds is 5. The molecular formula is C19H26FNO3. The fourth-order valence-electron chi connectivity index (χ4n) is 3.88. The lowest BCUT2D eigenvalue weighted by Gasteiger charge is -2.44. The summed E-state index contributed by atoms with van der Waals surface area (Å²) < 4.78 is 19.3. The molecule has 1 heterocycles. The molecule has 3 rings (SSSR count). The van der Waals surface area contributed by atoms with Gasteiger partial charge in [-0.25, -0.2) is 4.39 Å². The van der Waals surface area contributed by atoms with Crippen LogP contribution >= 0.6 is 0 Å². The first-order valence-electron chi connectivity index (χ1n) is 8.69. The molecule has 1 saturated heterocycles. The number of piperidine rings is 1. The average molecular weight is 335 g/mol. The summed E-state index contributed by atoms with van der Waals surface area (Å²) in [4.78, 5) is 14.9. The average Bonchev–Trinajstić information content (AvgIpc) is 3.37. The standard InChI is InChI=1S/C19H26FNO3/c1-14-13-21(11-9-19(14,23)10-12-24-2)17(22)18(7-8-18)15-5-3-4-6-16(15)20/h3-6,14,23H,7-13H2,1-2H3/t14-,19-/m0/s1. The third-order valence-corrected chi connectivity index (χ3v) is 5.80. The Balaban J connectivity index is 1.72. The van der Waals surface area contributed by atoms with Crippen LogP contribution in [0.4, 0.5) is 4.39 Å². The Labute approximate surface area is 142 Å². The zero-order chi connectivity index (χ0) is 17.4. The van der Waals surface area contributed by atoms with E-state index in [9.17, 15) is 14.3 Å². The Bertz CT molecular complexity index is 616. The van der Waals surface area contributed by atoms with E-state index in [4.69, 9.17) is 4.74 Å². The van der Waals surface area contributed by atoms with Crippen LogP contribution < -0.4 is 0 Å². The van der Waals surface area contributed by atoms with Gasteiger partial charge in [-0.1, -0.05) is 25.1 Å². The molecule has 1 aliphatic heterocycles. The summed E-state index contributed by atoms with van der Waals surface area (Å²) in [5.41, 5.74) is -0.961. The molecule has 0 unspecified atom stereocenters. The van der Waals surface area contributed by atoms with Gasteiger partial charge in [-0.2, -0.15) is 0 Å². The zero-order valence-corrected chi connectivity index (χ0v) is 14.4. The van der Waals surface area contributed by atoms with Gasteiger partial charge in [0.2, 0.25) is 5.91 Å². The fraction of sp³-hybridized carbons (Fsp3) is 0.632. The van der Waals surface area contributed by atoms with Crippen LogP contribution in [0, 0.1) is 11.7 Å². The van der Waals surface area contributed by atoms with E-state index in [1.807, 2.05) is 11.8 Å². The van der Waals surface area contributed by atoms with E-state index in [0.29, 0.717) is 50.9 Å². The Hall–Kier alpha value is -1.46. The number of ether oxygens (including phenoxy) is 1. The Morgan fingerprint density at radius 2 is 2.08 bits per heavy atom. The van der Waals surface area contributed by atoms with Crippen molar-refractivity contribution >= 4 is 5.91 Å². The molecule has 1 saturated carbocycles. The summed E-state index contributed by atoms with van der Waals surface area (Å²) in [6, 6.07) is 6.58. The van der Waals surface area contributed by atoms with Gasteiger partial charge in [0.25, 0.3) is 0 Å². The lowest BCUT2D eigenvalue weighted by Crippen LogP contribution is -2.54. The van der Waals surface area contributed by atoms with E-state index >= 15 is 0 Å². The van der Waals surface area contributed by atoms with E-state index in [1.165, 1.54) is 6.07 Å². The number of carbonyl (C=O) groups is 1. The normalized spacial score (nSPS) is 28.7. The maximum atomic E-state index is 14.2. The highest BCUT2D eigenvalue weighted by Crippen LogP contribution is 2.51. The van der Waals surface area contributed by atoms with Gasteiger partial charge >= 0.3 is 0 Å². The lowest BCUT2D eigenvalue weighted by molar-refractivity contribution is -0.143. The second-order valence-electron chi connectivity index (χ2n) is 7.31. The summed E-state index contributed by atoms with van der Waals surface area (Å²) in [5, 5.41) is 10.8. The van der Waals surface area contributed by atoms with Gasteiger partial charge < -0.3 is 14.7 Å². The van der Waals surface area contributed by atoms with Crippen molar-refractivity contribution in [1.82, 2.24) is 4.90 Å². The second-order valence-corrected chi connectivity index (χ2v) is 7.31. The quantitative estimate of drug-likeness (QED) is 0.899. The molecule has 1 amide bonds. The second kappa shape index (κ2) is 6.45. The number of nitrogens with zero attached hydrogens (tertiary/aromatic N) is 1. The predicted octanol–water partition coefficient (Wildman–Crippen LogP) is 2.49. The molecule has 1 aromatic rings. The van der Waals surface area contributed by atoms with Crippen LogP contribution in [0.5, 0.6) is 0 Å². The Morgan fingerprint density at radius 1 is 1.38 bits per heavy atom. The van der Waals surface area contributed by atoms with Crippen molar-refractivity contribution in [1.29, 1.82) is 0 Å². The van der Waals surface area contributed by atoms with Crippen molar-refractivity contribution in [3.05, 3.63) is 35.6 Å². The summed E-state index contributed by atoms with van der Waals surface area (Å²) in [5.74, 6) is -0.319. The topological polar surface area (TPSA) is 49.8 Å². The van der Waals surface area contributed by atoms with Gasteiger partial charge in [0.05, 0.1) is 11.0 Å². The van der Waals surface area contributed by atoms with Crippen molar-refractivity contribution in [3.63, 3.8) is 0 Å². The Kier molecular flexibility index (Phi) is 4.67. The first-order valence-corrected chi connectivity index (χ1v) is 8.69. The van der Waals surface area contributed by atoms with Crippen LogP contribution in [0.1, 0.15) is 38.2 Å². The van der Waals surface area contributed by atoms with E-state index in [2.05, 4.69) is 0 Å². The third kappa shape index (κ3) is 2.95. The molecule has 1 aliphatic carbocycles. The van der Waals surface area contributed by atoms with Crippen molar-refractivity contribution in [3.8, 4) is 0 Å². The molecule has 4 nitrogen and oxygen atoms in total. The summed E-state index contributed by atoms with van der Waals surface area (Å²) >= 11 is 0. The third-order valence-electron chi connectivity index (χ3n) is 5.80. The van der Waals surface area contributed by atoms with Crippen LogP contribution in [0.3, 0.4) is 0 Å². The van der Waals surface area contributed by atoms with Gasteiger partial charge in [-0.15, -0.1) is 0 Å². The number of carbonyl (C=O) groups excluding carboxylic acids is 1. The molecule has 2 aliphatic rings. The highest BCUT2D eigenvalue weighted by molar-refractivity contribution is 5.91. The molecular weight excluding hydrogens is 309 g/mol. The van der Waals surface area contributed by atoms with Crippen molar-refractivity contribution in [2.24, 2.45) is 5.92 Å². The van der Waals surface area contributed by atoms with Crippen LogP contribution in [0.25, 0.3) is 0 Å². The van der Waals surface area contributed by atoms with Crippen LogP contribution in [0.15, 0.2) is 24.3 Å². The molecule has 0 radical (unpaired) electrons. The first kappa shape index (κ1) is 17.4. The fourth-order valence-corrected chi connectivity index (χ4v) is 3.88. The SMILES string of the molecule is COCC[C@@]1(O)CCN(C(=O)C2(c3ccccc3F)CC2)C[C@@H]1C. The predicted molar refractivity (Wildman–Crippen MR) is 89.1 cm³/mol. The van der Waals surface area contributed by atoms with Crippen molar-refractivity contribution in [2.45, 2.75) is 43.6 Å². The molecule has 24 heavy (non-hydrogen) atoms. The summed E-state index contributed by atoms with van der Waals surface area (Å²) in [6.45, 7) is 3.50. The zero-order valence-electron chi connectivity index (χ0n) is 14.4. The van der Waals surface area contributed by atoms with Crippen molar-refractivity contribution < 1.29 is 19.0 Å². The maximum Gasteiger partial charge on any atom is 0.233 e. The van der Waals surface area contributed by atoms with Crippen LogP contribution in [0.2, 0.25) is 0 Å². The van der Waals surface area contributed by atoms with Gasteiger partial charge in [0, 0.05) is 38.3 Å². The monoisotopic (exact) mass is 335 g/mol. The molecule has 1 aromatic carbocycles. The van der Waals surface area contributed by atoms with Gasteiger partial charge in [0.15, 0.2) is 0 Å². The lowest BCUT2D eigenvalue weighted by atomic mass is 9.79. The first-order chi connectivity index (χ1) is 11.4. The molecule has 2 atom stereocenters. The highest BCUT2D eigenvalue weighted by atomic mass is 19.1. The van der Waals surface area contributed by atoms with Gasteiger partial charge in [-0.05, 0) is 31.7 Å². The minimum absolute atomic E-state index is 0.00763. The summed E-state index contributed by atoms with van der Waals surface area (Å²) in [7, 11) is 1.62. The van der Waals surface area contributed by atoms with E-state index in [0.717, 1.165) is 0 Å². The number of benzene rings is 1. The molecule has 0 spiro atoms. The highest BCUT2D eigenvalue weighted by Gasteiger charge is 2.55. The van der Waals surface area contributed by atoms with Crippen LogP contribution in [-0.2, 0) is 14.9 Å². The number of hydrogen-bond donors (Lipinski definition) is 1. The van der Waals surface area contributed by atoms with E-state index in [1.54, 1.807) is 25.3 Å². The maximum absolute atomic E-state index is 14.2. The number of methoxy groups -OCH3 is 1. The molecule has 5 heteroatoms. The molecule has 1 N–H and O–H groups in total. The molecule has 0 bridgehead atoms. The molecule has 2 fully saturated rings. The molecule has 132 valence electrons. The number of amides is 1. The largest absolute Gasteiger partial charge is 0.389 e. The Morgan fingerprint density at radius 3 is 2.67 bits per heavy atom. The summed E-state index contributed by atoms with van der Waals surface area (Å²) in [6.07, 6.45) is 2.51. The van der Waals surface area contributed by atoms with E-state index < -0.39 is 11.0 Å².